The van der Waals surface area contributed by atoms with E-state index in [2.05, 4.69) is 15.5 Å². The van der Waals surface area contributed by atoms with E-state index in [4.69, 9.17) is 9.84 Å². The molecular formula is C13H13N3O3. The van der Waals surface area contributed by atoms with Gasteiger partial charge in [0.15, 0.2) is 5.82 Å². The summed E-state index contributed by atoms with van der Waals surface area (Å²) in [5.41, 5.74) is 1.34. The number of carbonyl (C=O) groups excluding carboxylic acids is 1. The quantitative estimate of drug-likeness (QED) is 0.873. The summed E-state index contributed by atoms with van der Waals surface area (Å²) < 4.78 is 5.02. The molecular weight excluding hydrogens is 246 g/mol. The Morgan fingerprint density at radius 2 is 1.95 bits per heavy atom. The number of aromatic nitrogens is 2. The van der Waals surface area contributed by atoms with Gasteiger partial charge >= 0.3 is 6.09 Å². The topological polar surface area (TPSA) is 84.3 Å². The van der Waals surface area contributed by atoms with Crippen molar-refractivity contribution in [2.75, 3.05) is 5.32 Å². The number of aliphatic hydroxyl groups excluding tert-OH is 1. The number of hydrogen-bond donors (Lipinski definition) is 2. The second kappa shape index (κ2) is 6.46. The Bertz CT molecular complexity index is 529. The van der Waals surface area contributed by atoms with E-state index < -0.39 is 6.09 Å². The number of anilines is 1. The van der Waals surface area contributed by atoms with Gasteiger partial charge in [0.1, 0.15) is 6.61 Å². The third-order valence-electron chi connectivity index (χ3n) is 2.32. The van der Waals surface area contributed by atoms with Gasteiger partial charge < -0.3 is 9.84 Å². The summed E-state index contributed by atoms with van der Waals surface area (Å²) >= 11 is 0. The summed E-state index contributed by atoms with van der Waals surface area (Å²) in [6, 6.07) is 12.5. The molecule has 0 saturated heterocycles. The molecule has 0 unspecified atom stereocenters. The van der Waals surface area contributed by atoms with Crippen LogP contribution in [0.5, 0.6) is 0 Å². The van der Waals surface area contributed by atoms with E-state index in [1.807, 2.05) is 30.3 Å². The molecule has 98 valence electrons. The summed E-state index contributed by atoms with van der Waals surface area (Å²) in [5, 5.41) is 18.7. The highest BCUT2D eigenvalue weighted by Gasteiger charge is 2.05. The van der Waals surface area contributed by atoms with Crippen LogP contribution in [0.4, 0.5) is 10.6 Å². The van der Waals surface area contributed by atoms with Crippen LogP contribution in [0, 0.1) is 0 Å². The van der Waals surface area contributed by atoms with Crippen LogP contribution in [0.25, 0.3) is 0 Å². The van der Waals surface area contributed by atoms with Crippen molar-refractivity contribution < 1.29 is 14.6 Å². The second-order valence-electron chi connectivity index (χ2n) is 3.75. The zero-order valence-electron chi connectivity index (χ0n) is 10.1. The van der Waals surface area contributed by atoms with Gasteiger partial charge in [-0.3, -0.25) is 5.32 Å². The van der Waals surface area contributed by atoms with Crippen molar-refractivity contribution in [1.29, 1.82) is 0 Å². The average Bonchev–Trinajstić information content (AvgIpc) is 2.47. The van der Waals surface area contributed by atoms with E-state index in [-0.39, 0.29) is 19.0 Å². The van der Waals surface area contributed by atoms with Crippen LogP contribution in [0.1, 0.15) is 11.3 Å². The number of amides is 1. The first-order chi connectivity index (χ1) is 9.28. The molecule has 0 aliphatic rings. The van der Waals surface area contributed by atoms with Gasteiger partial charge in [-0.2, -0.15) is 5.10 Å². The minimum Gasteiger partial charge on any atom is -0.444 e. The van der Waals surface area contributed by atoms with Crippen molar-refractivity contribution >= 4 is 11.9 Å². The molecule has 2 aromatic rings. The van der Waals surface area contributed by atoms with Crippen LogP contribution in [-0.2, 0) is 18.0 Å². The lowest BCUT2D eigenvalue weighted by Crippen LogP contribution is -2.15. The predicted octanol–water partition coefficient (Wildman–Crippen LogP) is 1.72. The summed E-state index contributed by atoms with van der Waals surface area (Å²) in [4.78, 5) is 11.5. The zero-order valence-corrected chi connectivity index (χ0v) is 10.1. The van der Waals surface area contributed by atoms with Gasteiger partial charge in [0.2, 0.25) is 0 Å². The van der Waals surface area contributed by atoms with Gasteiger partial charge in [-0.25, -0.2) is 4.79 Å². The van der Waals surface area contributed by atoms with Crippen LogP contribution < -0.4 is 5.32 Å². The van der Waals surface area contributed by atoms with E-state index in [0.29, 0.717) is 5.69 Å². The van der Waals surface area contributed by atoms with Crippen LogP contribution in [0.15, 0.2) is 42.5 Å². The van der Waals surface area contributed by atoms with E-state index in [1.165, 1.54) is 0 Å². The fourth-order valence-corrected chi connectivity index (χ4v) is 1.37. The van der Waals surface area contributed by atoms with Gasteiger partial charge in [0.25, 0.3) is 0 Å². The van der Waals surface area contributed by atoms with Crippen LogP contribution in [-0.4, -0.2) is 21.4 Å². The lowest BCUT2D eigenvalue weighted by Gasteiger charge is -2.06. The molecule has 1 aromatic heterocycles. The Balaban J connectivity index is 1.83. The number of aliphatic hydroxyl groups is 1. The summed E-state index contributed by atoms with van der Waals surface area (Å²) in [6.07, 6.45) is -0.602. The molecule has 0 aliphatic heterocycles. The van der Waals surface area contributed by atoms with Crippen molar-refractivity contribution in [1.82, 2.24) is 10.2 Å². The molecule has 0 radical (unpaired) electrons. The molecule has 19 heavy (non-hydrogen) atoms. The lowest BCUT2D eigenvalue weighted by atomic mass is 10.2. The van der Waals surface area contributed by atoms with Gasteiger partial charge in [0, 0.05) is 0 Å². The Labute approximate surface area is 110 Å². The Hall–Kier alpha value is -2.47. The van der Waals surface area contributed by atoms with E-state index in [1.54, 1.807) is 12.1 Å². The number of nitrogens with zero attached hydrogens (tertiary/aromatic N) is 2. The fraction of sp³-hybridized carbons (Fsp3) is 0.154. The van der Waals surface area contributed by atoms with Gasteiger partial charge in [0.05, 0.1) is 12.3 Å². The lowest BCUT2D eigenvalue weighted by molar-refractivity contribution is 0.155. The van der Waals surface area contributed by atoms with E-state index in [0.717, 1.165) is 5.56 Å². The molecule has 1 amide bonds. The van der Waals surface area contributed by atoms with Crippen molar-refractivity contribution in [2.45, 2.75) is 13.2 Å². The molecule has 0 spiro atoms. The van der Waals surface area contributed by atoms with Crippen LogP contribution in [0.2, 0.25) is 0 Å². The van der Waals surface area contributed by atoms with Crippen molar-refractivity contribution in [3.8, 4) is 0 Å². The molecule has 0 bridgehead atoms. The summed E-state index contributed by atoms with van der Waals surface area (Å²) in [7, 11) is 0. The average molecular weight is 259 g/mol. The smallest absolute Gasteiger partial charge is 0.413 e. The highest BCUT2D eigenvalue weighted by atomic mass is 16.5. The molecule has 1 heterocycles. The second-order valence-corrected chi connectivity index (χ2v) is 3.75. The molecule has 2 rings (SSSR count). The van der Waals surface area contributed by atoms with E-state index in [9.17, 15) is 4.79 Å². The van der Waals surface area contributed by atoms with Crippen molar-refractivity contribution in [2.24, 2.45) is 0 Å². The Morgan fingerprint density at radius 3 is 2.58 bits per heavy atom. The number of rotatable bonds is 4. The number of carbonyl (C=O) groups is 1. The fourth-order valence-electron chi connectivity index (χ4n) is 1.37. The summed E-state index contributed by atoms with van der Waals surface area (Å²) in [6.45, 7) is 0.000555. The predicted molar refractivity (Wildman–Crippen MR) is 68.2 cm³/mol. The number of benzene rings is 1. The van der Waals surface area contributed by atoms with Crippen LogP contribution in [0.3, 0.4) is 0 Å². The van der Waals surface area contributed by atoms with Gasteiger partial charge in [-0.15, -0.1) is 5.10 Å². The molecule has 6 heteroatoms. The largest absolute Gasteiger partial charge is 0.444 e. The molecule has 0 atom stereocenters. The SMILES string of the molecule is O=C(Nc1ccc(CO)nn1)OCc1ccccc1. The number of nitrogens with one attached hydrogen (secondary N) is 1. The maximum Gasteiger partial charge on any atom is 0.413 e. The number of ether oxygens (including phenoxy) is 1. The normalized spacial score (nSPS) is 9.95. The van der Waals surface area contributed by atoms with Crippen molar-refractivity contribution in [3.63, 3.8) is 0 Å². The van der Waals surface area contributed by atoms with Crippen molar-refractivity contribution in [3.05, 3.63) is 53.7 Å². The minimum absolute atomic E-state index is 0.189. The third-order valence-corrected chi connectivity index (χ3v) is 2.32. The Morgan fingerprint density at radius 1 is 1.16 bits per heavy atom. The first-order valence-corrected chi connectivity index (χ1v) is 5.69. The summed E-state index contributed by atoms with van der Waals surface area (Å²) in [5.74, 6) is 0.273. The molecule has 0 fully saturated rings. The highest BCUT2D eigenvalue weighted by molar-refractivity contribution is 5.83. The third kappa shape index (κ3) is 4.04. The molecule has 1 aromatic carbocycles. The Kier molecular flexibility index (Phi) is 4.41. The van der Waals surface area contributed by atoms with Gasteiger partial charge in [-0.05, 0) is 17.7 Å². The number of hydrogen-bond acceptors (Lipinski definition) is 5. The molecule has 6 nitrogen and oxygen atoms in total. The minimum atomic E-state index is -0.602. The standard InChI is InChI=1S/C13H13N3O3/c17-8-11-6-7-12(16-15-11)14-13(18)19-9-10-4-2-1-3-5-10/h1-7,17H,8-9H2,(H,14,16,18). The van der Waals surface area contributed by atoms with Crippen LogP contribution >= 0.6 is 0 Å². The maximum absolute atomic E-state index is 11.5. The first kappa shape index (κ1) is 13.0. The van der Waals surface area contributed by atoms with Gasteiger partial charge in [-0.1, -0.05) is 30.3 Å². The maximum atomic E-state index is 11.5. The molecule has 0 aliphatic carbocycles. The monoisotopic (exact) mass is 259 g/mol. The van der Waals surface area contributed by atoms with E-state index >= 15 is 0 Å². The molecule has 2 N–H and O–H groups in total. The first-order valence-electron chi connectivity index (χ1n) is 5.69. The highest BCUT2D eigenvalue weighted by Crippen LogP contribution is 2.05. The molecule has 0 saturated carbocycles. The zero-order chi connectivity index (χ0) is 13.5.